The van der Waals surface area contributed by atoms with Gasteiger partial charge in [-0.25, -0.2) is 0 Å². The maximum absolute atomic E-state index is 12.6. The van der Waals surface area contributed by atoms with E-state index in [-0.39, 0.29) is 29.4 Å². The van der Waals surface area contributed by atoms with E-state index in [1.807, 2.05) is 14.1 Å². The van der Waals surface area contributed by atoms with Gasteiger partial charge in [0.2, 0.25) is 0 Å². The SMILES string of the molecule is CCCCCC(CCCCC)CCOC(=O)CCCCCCCC(CCCCCCCCOC(=O)CC12CCC(CC1)CC2)OC(=O)CCCN(C)C. The molecule has 0 radical (unpaired) electrons. The first-order valence-electron chi connectivity index (χ1n) is 22.9. The highest BCUT2D eigenvalue weighted by Crippen LogP contribution is 2.52. The molecule has 0 N–H and O–H groups in total. The molecule has 0 aromatic carbocycles. The van der Waals surface area contributed by atoms with Crippen molar-refractivity contribution in [2.45, 2.75) is 225 Å². The summed E-state index contributed by atoms with van der Waals surface area (Å²) in [6, 6.07) is 0. The molecule has 3 saturated carbocycles. The van der Waals surface area contributed by atoms with E-state index >= 15 is 0 Å². The molecule has 7 nitrogen and oxygen atoms in total. The summed E-state index contributed by atoms with van der Waals surface area (Å²) in [5.74, 6) is 1.55. The lowest BCUT2D eigenvalue weighted by Gasteiger charge is -2.46. The van der Waals surface area contributed by atoms with E-state index < -0.39 is 0 Å². The van der Waals surface area contributed by atoms with Crippen LogP contribution < -0.4 is 0 Å². The Morgan fingerprint density at radius 1 is 0.566 bits per heavy atom. The van der Waals surface area contributed by atoms with Gasteiger partial charge in [0.05, 0.1) is 19.6 Å². The number of ether oxygens (including phenoxy) is 3. The van der Waals surface area contributed by atoms with E-state index in [1.54, 1.807) is 0 Å². The summed E-state index contributed by atoms with van der Waals surface area (Å²) < 4.78 is 17.3. The van der Waals surface area contributed by atoms with Crippen LogP contribution in [0.3, 0.4) is 0 Å². The van der Waals surface area contributed by atoms with Crippen LogP contribution in [0.2, 0.25) is 0 Å². The van der Waals surface area contributed by atoms with Crippen molar-refractivity contribution in [1.82, 2.24) is 4.90 Å². The minimum absolute atomic E-state index is 0.00250. The van der Waals surface area contributed by atoms with Crippen LogP contribution in [-0.4, -0.2) is 62.8 Å². The zero-order valence-electron chi connectivity index (χ0n) is 35.4. The summed E-state index contributed by atoms with van der Waals surface area (Å²) in [5, 5.41) is 0. The molecule has 7 heteroatoms. The average molecular weight is 748 g/mol. The Labute approximate surface area is 327 Å². The molecule has 3 rings (SSSR count). The molecule has 0 spiro atoms. The van der Waals surface area contributed by atoms with Crippen LogP contribution >= 0.6 is 0 Å². The lowest BCUT2D eigenvalue weighted by Crippen LogP contribution is -2.36. The number of carbonyl (C=O) groups is 3. The zero-order valence-corrected chi connectivity index (χ0v) is 35.4. The van der Waals surface area contributed by atoms with Gasteiger partial charge in [0.25, 0.3) is 0 Å². The first-order valence-corrected chi connectivity index (χ1v) is 22.9. The molecule has 0 aromatic rings. The standard InChI is InChI=1S/C46H85NO6/c1-5-7-16-23-40(24-17-8-6-2)32-38-52-43(48)27-20-14-11-13-19-26-42(53-44(49)28-22-36-47(3)4)25-18-12-9-10-15-21-37-51-45(50)39-46-33-29-41(30-34-46)31-35-46/h40-42H,5-39H2,1-4H3. The fourth-order valence-corrected chi connectivity index (χ4v) is 8.76. The van der Waals surface area contributed by atoms with Crippen molar-refractivity contribution in [1.29, 1.82) is 0 Å². The quantitative estimate of drug-likeness (QED) is 0.0363. The van der Waals surface area contributed by atoms with E-state index in [4.69, 9.17) is 14.2 Å². The van der Waals surface area contributed by atoms with E-state index in [0.29, 0.717) is 38.4 Å². The summed E-state index contributed by atoms with van der Waals surface area (Å²) in [7, 11) is 4.07. The molecule has 3 fully saturated rings. The normalized spacial score (nSPS) is 18.8. The van der Waals surface area contributed by atoms with Gasteiger partial charge in [0.15, 0.2) is 0 Å². The van der Waals surface area contributed by atoms with E-state index in [0.717, 1.165) is 102 Å². The summed E-state index contributed by atoms with van der Waals surface area (Å²) in [6.07, 6.45) is 35.0. The number of nitrogens with zero attached hydrogens (tertiary/aromatic N) is 1. The third kappa shape index (κ3) is 24.5. The van der Waals surface area contributed by atoms with Crippen molar-refractivity contribution >= 4 is 17.9 Å². The molecule has 0 saturated heterocycles. The van der Waals surface area contributed by atoms with Crippen molar-refractivity contribution in [3.63, 3.8) is 0 Å². The highest BCUT2D eigenvalue weighted by Gasteiger charge is 2.41. The zero-order chi connectivity index (χ0) is 38.4. The Morgan fingerprint density at radius 2 is 1.08 bits per heavy atom. The van der Waals surface area contributed by atoms with Gasteiger partial charge in [-0.05, 0) is 128 Å². The van der Waals surface area contributed by atoms with Gasteiger partial charge in [-0.15, -0.1) is 0 Å². The van der Waals surface area contributed by atoms with Crippen LogP contribution in [-0.2, 0) is 28.6 Å². The number of carbonyl (C=O) groups excluding carboxylic acids is 3. The van der Waals surface area contributed by atoms with Gasteiger partial charge in [-0.1, -0.05) is 110 Å². The number of rotatable bonds is 35. The predicted octanol–water partition coefficient (Wildman–Crippen LogP) is 12.3. The maximum atomic E-state index is 12.6. The molecule has 310 valence electrons. The number of hydrogen-bond donors (Lipinski definition) is 0. The van der Waals surface area contributed by atoms with Gasteiger partial charge >= 0.3 is 17.9 Å². The van der Waals surface area contributed by atoms with Crippen molar-refractivity contribution in [3.05, 3.63) is 0 Å². The average Bonchev–Trinajstić information content (AvgIpc) is 3.14. The van der Waals surface area contributed by atoms with Gasteiger partial charge < -0.3 is 19.1 Å². The van der Waals surface area contributed by atoms with Crippen LogP contribution in [0.5, 0.6) is 0 Å². The minimum atomic E-state index is -0.0612. The molecule has 0 aromatic heterocycles. The molecule has 53 heavy (non-hydrogen) atoms. The fraction of sp³-hybridized carbons (Fsp3) is 0.935. The van der Waals surface area contributed by atoms with Crippen LogP contribution in [0.25, 0.3) is 0 Å². The molecule has 1 atom stereocenters. The van der Waals surface area contributed by atoms with Gasteiger partial charge in [-0.2, -0.15) is 0 Å². The number of hydrogen-bond acceptors (Lipinski definition) is 7. The largest absolute Gasteiger partial charge is 0.466 e. The second kappa shape index (κ2) is 30.6. The van der Waals surface area contributed by atoms with Gasteiger partial charge in [0.1, 0.15) is 6.10 Å². The molecule has 1 unspecified atom stereocenters. The van der Waals surface area contributed by atoms with E-state index in [1.165, 1.54) is 96.3 Å². The van der Waals surface area contributed by atoms with E-state index in [9.17, 15) is 14.4 Å². The monoisotopic (exact) mass is 748 g/mol. The Hall–Kier alpha value is -1.63. The van der Waals surface area contributed by atoms with Crippen LogP contribution in [0.15, 0.2) is 0 Å². The molecule has 2 bridgehead atoms. The summed E-state index contributed by atoms with van der Waals surface area (Å²) in [6.45, 7) is 6.55. The van der Waals surface area contributed by atoms with Crippen molar-refractivity contribution in [3.8, 4) is 0 Å². The third-order valence-corrected chi connectivity index (χ3v) is 12.4. The first kappa shape index (κ1) is 47.5. The molecule has 0 aliphatic heterocycles. The van der Waals surface area contributed by atoms with Crippen molar-refractivity contribution in [2.75, 3.05) is 33.9 Å². The highest BCUT2D eigenvalue weighted by molar-refractivity contribution is 5.70. The summed E-state index contributed by atoms with van der Waals surface area (Å²) in [5.41, 5.74) is 0.256. The maximum Gasteiger partial charge on any atom is 0.306 e. The minimum Gasteiger partial charge on any atom is -0.466 e. The molecular weight excluding hydrogens is 663 g/mol. The summed E-state index contributed by atoms with van der Waals surface area (Å²) in [4.78, 5) is 39.6. The van der Waals surface area contributed by atoms with Gasteiger partial charge in [0, 0.05) is 12.8 Å². The molecule has 3 aliphatic rings. The Bertz CT molecular complexity index is 905. The predicted molar refractivity (Wildman–Crippen MR) is 219 cm³/mol. The lowest BCUT2D eigenvalue weighted by molar-refractivity contribution is -0.150. The fourth-order valence-electron chi connectivity index (χ4n) is 8.76. The second-order valence-electron chi connectivity index (χ2n) is 17.5. The highest BCUT2D eigenvalue weighted by atomic mass is 16.5. The molecule has 3 aliphatic carbocycles. The van der Waals surface area contributed by atoms with Crippen molar-refractivity contribution in [2.24, 2.45) is 17.3 Å². The van der Waals surface area contributed by atoms with Crippen molar-refractivity contribution < 1.29 is 28.6 Å². The molecular formula is C46H85NO6. The number of fused-ring (bicyclic) bond motifs is 3. The molecule has 0 amide bonds. The topological polar surface area (TPSA) is 82.1 Å². The number of esters is 3. The van der Waals surface area contributed by atoms with Crippen LogP contribution in [0.1, 0.15) is 219 Å². The molecule has 0 heterocycles. The Balaban J connectivity index is 1.54. The second-order valence-corrected chi connectivity index (χ2v) is 17.5. The Morgan fingerprint density at radius 3 is 1.66 bits per heavy atom. The Kier molecular flexibility index (Phi) is 27.4. The number of unbranched alkanes of at least 4 members (excludes halogenated alkanes) is 13. The smallest absolute Gasteiger partial charge is 0.306 e. The van der Waals surface area contributed by atoms with Gasteiger partial charge in [-0.3, -0.25) is 14.4 Å². The first-order chi connectivity index (χ1) is 25.7. The third-order valence-electron chi connectivity index (χ3n) is 12.4. The lowest BCUT2D eigenvalue weighted by atomic mass is 9.59. The van der Waals surface area contributed by atoms with E-state index in [2.05, 4.69) is 18.7 Å². The summed E-state index contributed by atoms with van der Waals surface area (Å²) >= 11 is 0. The van der Waals surface area contributed by atoms with Crippen LogP contribution in [0, 0.1) is 17.3 Å². The van der Waals surface area contributed by atoms with Crippen LogP contribution in [0.4, 0.5) is 0 Å².